The maximum atomic E-state index is 8.65. The average Bonchev–Trinajstić information content (AvgIpc) is 2.19. The zero-order valence-electron chi connectivity index (χ0n) is 9.34. The van der Waals surface area contributed by atoms with Gasteiger partial charge < -0.3 is 4.90 Å². The van der Waals surface area contributed by atoms with Crippen molar-refractivity contribution in [2.45, 2.75) is 45.4 Å². The van der Waals surface area contributed by atoms with E-state index in [0.717, 1.165) is 13.0 Å². The van der Waals surface area contributed by atoms with Crippen LogP contribution in [0.5, 0.6) is 0 Å². The van der Waals surface area contributed by atoms with Crippen LogP contribution in [-0.4, -0.2) is 24.5 Å². The second-order valence-electron chi connectivity index (χ2n) is 4.38. The van der Waals surface area contributed by atoms with Crippen LogP contribution < -0.4 is 0 Å². The lowest BCUT2D eigenvalue weighted by Gasteiger charge is -2.31. The standard InChI is InChI=1S/C12H22N2/c1-2-3-4-9-14-10-5-6-12(11-14)7-8-13/h12H,2-7,9-11H2,1H3. The fourth-order valence-corrected chi connectivity index (χ4v) is 2.24. The first-order valence-electron chi connectivity index (χ1n) is 5.96. The highest BCUT2D eigenvalue weighted by Gasteiger charge is 2.18. The SMILES string of the molecule is CCCCCN1CCCC(CC#N)C1. The van der Waals surface area contributed by atoms with Crippen LogP contribution in [-0.2, 0) is 0 Å². The molecule has 1 rings (SSSR count). The van der Waals surface area contributed by atoms with E-state index in [2.05, 4.69) is 17.9 Å². The fourth-order valence-electron chi connectivity index (χ4n) is 2.24. The van der Waals surface area contributed by atoms with E-state index >= 15 is 0 Å². The summed E-state index contributed by atoms with van der Waals surface area (Å²) in [5.74, 6) is 0.648. The molecule has 0 radical (unpaired) electrons. The average molecular weight is 194 g/mol. The van der Waals surface area contributed by atoms with E-state index in [0.29, 0.717) is 5.92 Å². The number of nitriles is 1. The van der Waals surface area contributed by atoms with Gasteiger partial charge in [0, 0.05) is 13.0 Å². The summed E-state index contributed by atoms with van der Waals surface area (Å²) in [6, 6.07) is 2.30. The van der Waals surface area contributed by atoms with Crippen LogP contribution in [0.1, 0.15) is 45.4 Å². The fraction of sp³-hybridized carbons (Fsp3) is 0.917. The Bertz CT molecular complexity index is 183. The van der Waals surface area contributed by atoms with Crippen LogP contribution in [0.4, 0.5) is 0 Å². The second kappa shape index (κ2) is 6.84. The number of piperidine rings is 1. The van der Waals surface area contributed by atoms with E-state index in [1.54, 1.807) is 0 Å². The molecule has 1 fully saturated rings. The van der Waals surface area contributed by atoms with Gasteiger partial charge in [0.05, 0.1) is 6.07 Å². The molecule has 1 aliphatic heterocycles. The first kappa shape index (κ1) is 11.5. The van der Waals surface area contributed by atoms with Crippen molar-refractivity contribution in [1.82, 2.24) is 4.90 Å². The van der Waals surface area contributed by atoms with Crippen LogP contribution in [0.2, 0.25) is 0 Å². The molecule has 1 atom stereocenters. The molecule has 0 saturated carbocycles. The van der Waals surface area contributed by atoms with Crippen LogP contribution in [0, 0.1) is 17.2 Å². The number of unbranched alkanes of at least 4 members (excludes halogenated alkanes) is 2. The Morgan fingerprint density at radius 2 is 2.29 bits per heavy atom. The lowest BCUT2D eigenvalue weighted by Crippen LogP contribution is -2.35. The highest BCUT2D eigenvalue weighted by atomic mass is 15.1. The topological polar surface area (TPSA) is 27.0 Å². The Morgan fingerprint density at radius 3 is 3.00 bits per heavy atom. The summed E-state index contributed by atoms with van der Waals surface area (Å²) in [5, 5.41) is 8.65. The van der Waals surface area contributed by atoms with Gasteiger partial charge in [-0.2, -0.15) is 5.26 Å². The second-order valence-corrected chi connectivity index (χ2v) is 4.38. The van der Waals surface area contributed by atoms with Gasteiger partial charge in [-0.05, 0) is 38.3 Å². The number of nitrogens with zero attached hydrogens (tertiary/aromatic N) is 2. The van der Waals surface area contributed by atoms with E-state index in [1.165, 1.54) is 45.2 Å². The predicted molar refractivity (Wildman–Crippen MR) is 58.9 cm³/mol. The molecule has 0 aromatic rings. The van der Waals surface area contributed by atoms with Gasteiger partial charge in [-0.25, -0.2) is 0 Å². The molecule has 2 heteroatoms. The molecule has 0 aromatic carbocycles. The Morgan fingerprint density at radius 1 is 1.43 bits per heavy atom. The van der Waals surface area contributed by atoms with Crippen LogP contribution in [0.15, 0.2) is 0 Å². The number of likely N-dealkylation sites (tertiary alicyclic amines) is 1. The van der Waals surface area contributed by atoms with Crippen molar-refractivity contribution in [3.8, 4) is 6.07 Å². The van der Waals surface area contributed by atoms with Gasteiger partial charge in [0.25, 0.3) is 0 Å². The van der Waals surface area contributed by atoms with Crippen molar-refractivity contribution in [1.29, 1.82) is 5.26 Å². The lowest BCUT2D eigenvalue weighted by atomic mass is 9.95. The lowest BCUT2D eigenvalue weighted by molar-refractivity contribution is 0.174. The zero-order chi connectivity index (χ0) is 10.2. The van der Waals surface area contributed by atoms with Crippen molar-refractivity contribution in [3.63, 3.8) is 0 Å². The van der Waals surface area contributed by atoms with Gasteiger partial charge in [0.2, 0.25) is 0 Å². The number of hydrogen-bond donors (Lipinski definition) is 0. The summed E-state index contributed by atoms with van der Waals surface area (Å²) >= 11 is 0. The molecule has 1 unspecified atom stereocenters. The van der Waals surface area contributed by atoms with Crippen LogP contribution in [0.3, 0.4) is 0 Å². The van der Waals surface area contributed by atoms with E-state index in [4.69, 9.17) is 5.26 Å². The third-order valence-electron chi connectivity index (χ3n) is 3.06. The molecule has 2 nitrogen and oxygen atoms in total. The molecule has 1 saturated heterocycles. The highest BCUT2D eigenvalue weighted by Crippen LogP contribution is 2.19. The predicted octanol–water partition coefficient (Wildman–Crippen LogP) is 2.80. The van der Waals surface area contributed by atoms with Crippen molar-refractivity contribution < 1.29 is 0 Å². The minimum atomic E-state index is 0.648. The highest BCUT2D eigenvalue weighted by molar-refractivity contribution is 4.81. The quantitative estimate of drug-likeness (QED) is 0.629. The largest absolute Gasteiger partial charge is 0.303 e. The Kier molecular flexibility index (Phi) is 5.63. The molecule has 0 amide bonds. The van der Waals surface area contributed by atoms with Gasteiger partial charge in [-0.1, -0.05) is 19.8 Å². The van der Waals surface area contributed by atoms with E-state index in [-0.39, 0.29) is 0 Å². The monoisotopic (exact) mass is 194 g/mol. The Hall–Kier alpha value is -0.550. The molecule has 14 heavy (non-hydrogen) atoms. The molecule has 0 N–H and O–H groups in total. The summed E-state index contributed by atoms with van der Waals surface area (Å²) < 4.78 is 0. The minimum absolute atomic E-state index is 0.648. The zero-order valence-corrected chi connectivity index (χ0v) is 9.34. The number of hydrogen-bond acceptors (Lipinski definition) is 2. The molecule has 0 bridgehead atoms. The molecular formula is C12H22N2. The summed E-state index contributed by atoms with van der Waals surface area (Å²) in [7, 11) is 0. The molecule has 0 aromatic heterocycles. The maximum Gasteiger partial charge on any atom is 0.0625 e. The van der Waals surface area contributed by atoms with E-state index < -0.39 is 0 Å². The smallest absolute Gasteiger partial charge is 0.0625 e. The van der Waals surface area contributed by atoms with Gasteiger partial charge in [-0.15, -0.1) is 0 Å². The van der Waals surface area contributed by atoms with Gasteiger partial charge in [0.15, 0.2) is 0 Å². The maximum absolute atomic E-state index is 8.65. The first-order valence-corrected chi connectivity index (χ1v) is 5.96. The summed E-state index contributed by atoms with van der Waals surface area (Å²) in [4.78, 5) is 2.54. The summed E-state index contributed by atoms with van der Waals surface area (Å²) in [5.41, 5.74) is 0. The van der Waals surface area contributed by atoms with Crippen molar-refractivity contribution >= 4 is 0 Å². The van der Waals surface area contributed by atoms with Crippen molar-refractivity contribution in [2.75, 3.05) is 19.6 Å². The van der Waals surface area contributed by atoms with Crippen LogP contribution >= 0.6 is 0 Å². The minimum Gasteiger partial charge on any atom is -0.303 e. The molecule has 1 aliphatic rings. The van der Waals surface area contributed by atoms with Crippen molar-refractivity contribution in [2.24, 2.45) is 5.92 Å². The molecule has 80 valence electrons. The van der Waals surface area contributed by atoms with Gasteiger partial charge in [0.1, 0.15) is 0 Å². The molecular weight excluding hydrogens is 172 g/mol. The number of rotatable bonds is 5. The van der Waals surface area contributed by atoms with Crippen molar-refractivity contribution in [3.05, 3.63) is 0 Å². The molecule has 0 aliphatic carbocycles. The van der Waals surface area contributed by atoms with E-state index in [1.807, 2.05) is 0 Å². The third-order valence-corrected chi connectivity index (χ3v) is 3.06. The summed E-state index contributed by atoms with van der Waals surface area (Å²) in [6.45, 7) is 5.91. The first-order chi connectivity index (χ1) is 6.86. The molecule has 0 spiro atoms. The summed E-state index contributed by atoms with van der Waals surface area (Å²) in [6.07, 6.45) is 7.28. The Balaban J connectivity index is 2.16. The van der Waals surface area contributed by atoms with E-state index in [9.17, 15) is 0 Å². The van der Waals surface area contributed by atoms with Gasteiger partial charge >= 0.3 is 0 Å². The van der Waals surface area contributed by atoms with Gasteiger partial charge in [-0.3, -0.25) is 0 Å². The molecule has 1 heterocycles. The normalized spacial score (nSPS) is 23.3. The van der Waals surface area contributed by atoms with Crippen LogP contribution in [0.25, 0.3) is 0 Å². The third kappa shape index (κ3) is 4.11. The Labute approximate surface area is 87.9 Å².